The molecule has 0 saturated carbocycles. The molecule has 0 atom stereocenters. The van der Waals surface area contributed by atoms with Gasteiger partial charge in [0, 0.05) is 36.6 Å². The van der Waals surface area contributed by atoms with Crippen LogP contribution in [0.1, 0.15) is 57.5 Å². The summed E-state index contributed by atoms with van der Waals surface area (Å²) >= 11 is 1.30. The van der Waals surface area contributed by atoms with E-state index in [1.807, 2.05) is 30.3 Å². The van der Waals surface area contributed by atoms with E-state index in [0.29, 0.717) is 18.0 Å². The average Bonchev–Trinajstić information content (AvgIpc) is 3.33. The molecule has 2 N–H and O–H groups in total. The average molecular weight is 599 g/mol. The molecule has 3 aromatic rings. The molecule has 0 fully saturated rings. The third-order valence-corrected chi connectivity index (χ3v) is 9.90. The van der Waals surface area contributed by atoms with Crippen LogP contribution in [0.15, 0.2) is 59.5 Å². The van der Waals surface area contributed by atoms with Crippen LogP contribution in [-0.4, -0.2) is 61.8 Å². The summed E-state index contributed by atoms with van der Waals surface area (Å²) in [7, 11) is -3.79. The number of rotatable bonds is 10. The Labute approximate surface area is 244 Å². The lowest BCUT2D eigenvalue weighted by molar-refractivity contribution is 0.0924. The van der Waals surface area contributed by atoms with E-state index < -0.39 is 27.9 Å². The molecule has 1 aliphatic heterocycles. The SMILES string of the molecule is CCOC(=O)NC(=O)c1c(NC(=O)c2ccc(S(=O)(=O)N(CC)Cc3ccccc3)cc2)sc2c1CCN(CC)C2. The van der Waals surface area contributed by atoms with Crippen LogP contribution in [0.25, 0.3) is 0 Å². The molecule has 4 rings (SSSR count). The number of thiophene rings is 1. The van der Waals surface area contributed by atoms with Gasteiger partial charge in [-0.2, -0.15) is 4.31 Å². The molecule has 41 heavy (non-hydrogen) atoms. The molecule has 0 unspecified atom stereocenters. The van der Waals surface area contributed by atoms with Gasteiger partial charge >= 0.3 is 6.09 Å². The van der Waals surface area contributed by atoms with Gasteiger partial charge in [-0.15, -0.1) is 11.3 Å². The number of carbonyl (C=O) groups is 3. The van der Waals surface area contributed by atoms with E-state index in [0.717, 1.165) is 29.1 Å². The first-order chi connectivity index (χ1) is 19.7. The molecular formula is C29H34N4O6S2. The quantitative estimate of drug-likeness (QED) is 0.353. The zero-order chi connectivity index (χ0) is 29.6. The van der Waals surface area contributed by atoms with Crippen molar-refractivity contribution >= 4 is 44.3 Å². The summed E-state index contributed by atoms with van der Waals surface area (Å²) in [5.41, 5.74) is 2.16. The Morgan fingerprint density at radius 3 is 2.34 bits per heavy atom. The third kappa shape index (κ3) is 7.02. The van der Waals surface area contributed by atoms with Crippen molar-refractivity contribution in [2.24, 2.45) is 0 Å². The number of hydrogen-bond donors (Lipinski definition) is 2. The molecule has 0 aliphatic carbocycles. The normalized spacial score (nSPS) is 13.5. The summed E-state index contributed by atoms with van der Waals surface area (Å²) in [6, 6.07) is 15.0. The van der Waals surface area contributed by atoms with Crippen LogP contribution in [0.5, 0.6) is 0 Å². The van der Waals surface area contributed by atoms with Gasteiger partial charge in [0.25, 0.3) is 11.8 Å². The zero-order valence-electron chi connectivity index (χ0n) is 23.3. The number of anilines is 1. The molecule has 0 bridgehead atoms. The van der Waals surface area contributed by atoms with Crippen molar-refractivity contribution < 1.29 is 27.5 Å². The molecule has 10 nitrogen and oxygen atoms in total. The Balaban J connectivity index is 1.55. The van der Waals surface area contributed by atoms with E-state index in [4.69, 9.17) is 4.74 Å². The van der Waals surface area contributed by atoms with Gasteiger partial charge in [0.15, 0.2) is 0 Å². The van der Waals surface area contributed by atoms with Crippen LogP contribution < -0.4 is 10.6 Å². The maximum absolute atomic E-state index is 13.3. The summed E-state index contributed by atoms with van der Waals surface area (Å²) in [5.74, 6) is -1.14. The number of sulfonamides is 1. The lowest BCUT2D eigenvalue weighted by Gasteiger charge is -2.25. The Morgan fingerprint density at radius 2 is 1.71 bits per heavy atom. The number of carbonyl (C=O) groups excluding carboxylic acids is 3. The number of benzene rings is 2. The molecule has 2 heterocycles. The number of nitrogens with zero attached hydrogens (tertiary/aromatic N) is 2. The molecular weight excluding hydrogens is 564 g/mol. The highest BCUT2D eigenvalue weighted by Crippen LogP contribution is 2.37. The standard InChI is InChI=1S/C29H34N4O6S2/c1-4-32-17-16-23-24(19-32)40-28(25(23)27(35)31-29(36)39-6-3)30-26(34)21-12-14-22(15-13-21)41(37,38)33(5-2)18-20-10-8-7-9-11-20/h7-15H,4-6,16-19H2,1-3H3,(H,30,34)(H,31,35,36). The highest BCUT2D eigenvalue weighted by molar-refractivity contribution is 7.89. The first-order valence-electron chi connectivity index (χ1n) is 13.5. The zero-order valence-corrected chi connectivity index (χ0v) is 24.9. The number of likely N-dealkylation sites (N-methyl/N-ethyl adjacent to an activating group) is 1. The van der Waals surface area contributed by atoms with E-state index in [2.05, 4.69) is 22.5 Å². The smallest absolute Gasteiger partial charge is 0.414 e. The maximum Gasteiger partial charge on any atom is 0.414 e. The second-order valence-electron chi connectivity index (χ2n) is 9.40. The largest absolute Gasteiger partial charge is 0.450 e. The third-order valence-electron chi connectivity index (χ3n) is 6.84. The van der Waals surface area contributed by atoms with Crippen molar-refractivity contribution in [1.82, 2.24) is 14.5 Å². The van der Waals surface area contributed by atoms with Gasteiger partial charge in [-0.05, 0) is 55.3 Å². The summed E-state index contributed by atoms with van der Waals surface area (Å²) in [6.07, 6.45) is -0.254. The second-order valence-corrected chi connectivity index (χ2v) is 12.4. The summed E-state index contributed by atoms with van der Waals surface area (Å²) < 4.78 is 32.8. The first kappa shape index (κ1) is 30.4. The number of hydrogen-bond acceptors (Lipinski definition) is 8. The van der Waals surface area contributed by atoms with Crippen LogP contribution in [0.2, 0.25) is 0 Å². The van der Waals surface area contributed by atoms with Crippen LogP contribution >= 0.6 is 11.3 Å². The van der Waals surface area contributed by atoms with Crippen LogP contribution in [0, 0.1) is 0 Å². The molecule has 0 saturated heterocycles. The molecule has 1 aromatic heterocycles. The van der Waals surface area contributed by atoms with E-state index in [1.54, 1.807) is 13.8 Å². The van der Waals surface area contributed by atoms with Gasteiger partial charge in [0.05, 0.1) is 17.1 Å². The molecule has 1 aliphatic rings. The first-order valence-corrected chi connectivity index (χ1v) is 15.7. The van der Waals surface area contributed by atoms with Crippen LogP contribution in [0.3, 0.4) is 0 Å². The summed E-state index contributed by atoms with van der Waals surface area (Å²) in [6.45, 7) is 8.34. The number of alkyl carbamates (subject to hydrolysis) is 1. The lowest BCUT2D eigenvalue weighted by Crippen LogP contribution is -2.34. The van der Waals surface area contributed by atoms with Crippen LogP contribution in [0.4, 0.5) is 9.80 Å². The van der Waals surface area contributed by atoms with E-state index in [1.165, 1.54) is 39.9 Å². The van der Waals surface area contributed by atoms with Gasteiger partial charge in [-0.3, -0.25) is 19.8 Å². The second kappa shape index (κ2) is 13.4. The Kier molecular flexibility index (Phi) is 9.92. The molecule has 0 radical (unpaired) electrons. The van der Waals surface area contributed by atoms with Crippen molar-refractivity contribution in [3.05, 3.63) is 81.7 Å². The fourth-order valence-corrected chi connectivity index (χ4v) is 7.35. The molecule has 2 aromatic carbocycles. The Bertz CT molecular complexity index is 1500. The van der Waals surface area contributed by atoms with E-state index in [9.17, 15) is 22.8 Å². The highest BCUT2D eigenvalue weighted by atomic mass is 32.2. The minimum atomic E-state index is -3.79. The molecule has 3 amide bonds. The fraction of sp³-hybridized carbons (Fsp3) is 0.345. The maximum atomic E-state index is 13.3. The number of ether oxygens (including phenoxy) is 1. The number of amides is 3. The van der Waals surface area contributed by atoms with Crippen molar-refractivity contribution in [1.29, 1.82) is 0 Å². The minimum absolute atomic E-state index is 0.0765. The predicted octanol–water partition coefficient (Wildman–Crippen LogP) is 4.48. The minimum Gasteiger partial charge on any atom is -0.450 e. The summed E-state index contributed by atoms with van der Waals surface area (Å²) in [5, 5.41) is 5.39. The number of fused-ring (bicyclic) bond motifs is 1. The predicted molar refractivity (Wildman–Crippen MR) is 158 cm³/mol. The number of nitrogens with one attached hydrogen (secondary N) is 2. The van der Waals surface area contributed by atoms with Crippen molar-refractivity contribution in [3.63, 3.8) is 0 Å². The van der Waals surface area contributed by atoms with Gasteiger partial charge in [0.2, 0.25) is 10.0 Å². The van der Waals surface area contributed by atoms with Gasteiger partial charge in [-0.1, -0.05) is 44.2 Å². The van der Waals surface area contributed by atoms with Gasteiger partial charge in [0.1, 0.15) is 5.00 Å². The topological polar surface area (TPSA) is 125 Å². The molecule has 218 valence electrons. The van der Waals surface area contributed by atoms with Gasteiger partial charge in [-0.25, -0.2) is 13.2 Å². The monoisotopic (exact) mass is 598 g/mol. The summed E-state index contributed by atoms with van der Waals surface area (Å²) in [4.78, 5) is 41.5. The van der Waals surface area contributed by atoms with Crippen molar-refractivity contribution in [2.75, 3.05) is 31.6 Å². The van der Waals surface area contributed by atoms with Crippen molar-refractivity contribution in [3.8, 4) is 0 Å². The molecule has 0 spiro atoms. The van der Waals surface area contributed by atoms with E-state index in [-0.39, 0.29) is 35.7 Å². The molecule has 12 heteroatoms. The highest BCUT2D eigenvalue weighted by Gasteiger charge is 2.30. The van der Waals surface area contributed by atoms with Gasteiger partial charge < -0.3 is 10.1 Å². The lowest BCUT2D eigenvalue weighted by atomic mass is 10.0. The van der Waals surface area contributed by atoms with Crippen LogP contribution in [-0.2, 0) is 34.3 Å². The Morgan fingerprint density at radius 1 is 1.00 bits per heavy atom. The Hall–Kier alpha value is -3.58. The van der Waals surface area contributed by atoms with E-state index >= 15 is 0 Å². The number of imide groups is 1. The van der Waals surface area contributed by atoms with Crippen molar-refractivity contribution in [2.45, 2.75) is 45.2 Å². The fourth-order valence-electron chi connectivity index (χ4n) is 4.63.